The molecule has 1 fully saturated rings. The Kier molecular flexibility index (Phi) is 10.6. The summed E-state index contributed by atoms with van der Waals surface area (Å²) in [5.41, 5.74) is 1.05. The first-order chi connectivity index (χ1) is 16.1. The largest absolute Gasteiger partial charge is 0.352 e. The molecule has 0 aliphatic heterocycles. The molecule has 0 spiro atoms. The van der Waals surface area contributed by atoms with Gasteiger partial charge in [0.15, 0.2) is 0 Å². The van der Waals surface area contributed by atoms with Crippen LogP contribution in [0.5, 0.6) is 0 Å². The Labute approximate surface area is 207 Å². The summed E-state index contributed by atoms with van der Waals surface area (Å²) in [5, 5.41) is 3.96. The summed E-state index contributed by atoms with van der Waals surface area (Å²) in [6.07, 6.45) is 7.46. The Balaban J connectivity index is 1.61. The number of nitrogens with one attached hydrogen (secondary N) is 1. The summed E-state index contributed by atoms with van der Waals surface area (Å²) >= 11 is 7.68. The predicted molar refractivity (Wildman–Crippen MR) is 137 cm³/mol. The smallest absolute Gasteiger partial charge is 0.243 e. The molecule has 0 saturated heterocycles. The number of halogens is 1. The van der Waals surface area contributed by atoms with Gasteiger partial charge in [-0.15, -0.1) is 11.8 Å². The number of thioether (sulfide) groups is 1. The zero-order valence-electron chi connectivity index (χ0n) is 19.5. The van der Waals surface area contributed by atoms with Crippen LogP contribution >= 0.6 is 23.4 Å². The molecule has 178 valence electrons. The van der Waals surface area contributed by atoms with E-state index in [4.69, 9.17) is 11.6 Å². The molecule has 6 heteroatoms. The number of nitrogens with zero attached hydrogens (tertiary/aromatic N) is 1. The molecule has 0 radical (unpaired) electrons. The molecule has 4 nitrogen and oxygen atoms in total. The number of carbonyl (C=O) groups excluding carboxylic acids is 2. The minimum atomic E-state index is -0.441. The number of hydrogen-bond donors (Lipinski definition) is 1. The molecule has 33 heavy (non-hydrogen) atoms. The lowest BCUT2D eigenvalue weighted by molar-refractivity contribution is -0.141. The second-order valence-electron chi connectivity index (χ2n) is 8.68. The van der Waals surface area contributed by atoms with E-state index in [1.165, 1.54) is 19.3 Å². The summed E-state index contributed by atoms with van der Waals surface area (Å²) in [7, 11) is 0. The van der Waals surface area contributed by atoms with E-state index < -0.39 is 6.04 Å². The fraction of sp³-hybridized carbons (Fsp3) is 0.481. The first-order valence-electron chi connectivity index (χ1n) is 12.1. The minimum absolute atomic E-state index is 0.00998. The summed E-state index contributed by atoms with van der Waals surface area (Å²) in [5.74, 6) is 0.878. The molecular formula is C27H35ClN2O2S. The molecule has 0 unspecified atom stereocenters. The molecule has 0 bridgehead atoms. The van der Waals surface area contributed by atoms with Crippen molar-refractivity contribution in [3.63, 3.8) is 0 Å². The van der Waals surface area contributed by atoms with Crippen LogP contribution in [0.4, 0.5) is 0 Å². The second-order valence-corrected chi connectivity index (χ2v) is 10.3. The lowest BCUT2D eigenvalue weighted by Gasteiger charge is -2.33. The lowest BCUT2D eigenvalue weighted by atomic mass is 9.95. The van der Waals surface area contributed by atoms with Gasteiger partial charge in [-0.1, -0.05) is 68.1 Å². The van der Waals surface area contributed by atoms with Crippen LogP contribution < -0.4 is 5.32 Å². The highest BCUT2D eigenvalue weighted by atomic mass is 35.5. The van der Waals surface area contributed by atoms with Crippen molar-refractivity contribution >= 4 is 35.2 Å². The molecule has 2 aromatic carbocycles. The Morgan fingerprint density at radius 1 is 1.06 bits per heavy atom. The average molecular weight is 487 g/mol. The number of hydrogen-bond acceptors (Lipinski definition) is 3. The van der Waals surface area contributed by atoms with E-state index in [1.807, 2.05) is 61.5 Å². The highest BCUT2D eigenvalue weighted by Crippen LogP contribution is 2.23. The van der Waals surface area contributed by atoms with Crippen LogP contribution in [-0.4, -0.2) is 34.6 Å². The van der Waals surface area contributed by atoms with E-state index >= 15 is 0 Å². The van der Waals surface area contributed by atoms with Gasteiger partial charge in [-0.25, -0.2) is 0 Å². The molecule has 1 aliphatic carbocycles. The third-order valence-electron chi connectivity index (χ3n) is 6.15. The van der Waals surface area contributed by atoms with Crippen molar-refractivity contribution < 1.29 is 9.59 Å². The third kappa shape index (κ3) is 8.38. The van der Waals surface area contributed by atoms with Crippen LogP contribution in [0.25, 0.3) is 0 Å². The summed E-state index contributed by atoms with van der Waals surface area (Å²) in [4.78, 5) is 29.5. The molecule has 1 atom stereocenters. The van der Waals surface area contributed by atoms with Gasteiger partial charge in [0, 0.05) is 28.9 Å². The SMILES string of the molecule is CC[C@H](C(=O)NC1CCCCC1)N(Cc1ccccc1)C(=O)CCCSc1ccc(Cl)cc1. The summed E-state index contributed by atoms with van der Waals surface area (Å²) in [6.45, 7) is 2.45. The van der Waals surface area contributed by atoms with Crippen molar-refractivity contribution in [2.24, 2.45) is 0 Å². The maximum absolute atomic E-state index is 13.3. The average Bonchev–Trinajstić information content (AvgIpc) is 2.84. The Hall–Kier alpha value is -1.98. The van der Waals surface area contributed by atoms with E-state index in [9.17, 15) is 9.59 Å². The van der Waals surface area contributed by atoms with Gasteiger partial charge in [-0.2, -0.15) is 0 Å². The van der Waals surface area contributed by atoms with E-state index in [1.54, 1.807) is 16.7 Å². The number of carbonyl (C=O) groups is 2. The van der Waals surface area contributed by atoms with Crippen LogP contribution in [0.1, 0.15) is 63.9 Å². The van der Waals surface area contributed by atoms with Crippen LogP contribution in [0.2, 0.25) is 5.02 Å². The highest BCUT2D eigenvalue weighted by Gasteiger charge is 2.30. The van der Waals surface area contributed by atoms with Crippen molar-refractivity contribution in [3.8, 4) is 0 Å². The van der Waals surface area contributed by atoms with E-state index in [2.05, 4.69) is 5.32 Å². The zero-order valence-corrected chi connectivity index (χ0v) is 21.0. The topological polar surface area (TPSA) is 49.4 Å². The maximum Gasteiger partial charge on any atom is 0.243 e. The van der Waals surface area contributed by atoms with Gasteiger partial charge in [0.1, 0.15) is 6.04 Å². The number of amides is 2. The third-order valence-corrected chi connectivity index (χ3v) is 7.50. The second kappa shape index (κ2) is 13.7. The standard InChI is InChI=1S/C27H35ClN2O2S/c1-2-25(27(32)29-23-12-7-4-8-13-23)30(20-21-10-5-3-6-11-21)26(31)14-9-19-33-24-17-15-22(28)16-18-24/h3,5-6,10-11,15-18,23,25H,2,4,7-9,12-14,19-20H2,1H3,(H,29,32)/t25-/m1/s1. The molecule has 0 heterocycles. The van der Waals surface area contributed by atoms with E-state index in [0.29, 0.717) is 19.4 Å². The molecular weight excluding hydrogens is 452 g/mol. The van der Waals surface area contributed by atoms with Gasteiger partial charge in [0.05, 0.1) is 0 Å². The quantitative estimate of drug-likeness (QED) is 0.292. The van der Waals surface area contributed by atoms with E-state index in [0.717, 1.165) is 40.5 Å². The first-order valence-corrected chi connectivity index (χ1v) is 13.4. The molecule has 3 rings (SSSR count). The monoisotopic (exact) mass is 486 g/mol. The number of benzene rings is 2. The van der Waals surface area contributed by atoms with Crippen LogP contribution in [0, 0.1) is 0 Å². The molecule has 2 aromatic rings. The lowest BCUT2D eigenvalue weighted by Crippen LogP contribution is -2.51. The maximum atomic E-state index is 13.3. The van der Waals surface area contributed by atoms with E-state index in [-0.39, 0.29) is 17.9 Å². The van der Waals surface area contributed by atoms with Gasteiger partial charge < -0.3 is 10.2 Å². The van der Waals surface area contributed by atoms with Crippen LogP contribution in [-0.2, 0) is 16.1 Å². The van der Waals surface area contributed by atoms with Crippen LogP contribution in [0.15, 0.2) is 59.5 Å². The fourth-order valence-corrected chi connectivity index (χ4v) is 5.31. The molecule has 1 aliphatic rings. The fourth-order valence-electron chi connectivity index (χ4n) is 4.33. The van der Waals surface area contributed by atoms with Gasteiger partial charge in [0.25, 0.3) is 0 Å². The molecule has 0 aromatic heterocycles. The Morgan fingerprint density at radius 3 is 2.42 bits per heavy atom. The normalized spacial score (nSPS) is 15.1. The summed E-state index contributed by atoms with van der Waals surface area (Å²) < 4.78 is 0. The van der Waals surface area contributed by atoms with Crippen molar-refractivity contribution in [3.05, 3.63) is 65.2 Å². The molecule has 1 N–H and O–H groups in total. The predicted octanol–water partition coefficient (Wildman–Crippen LogP) is 6.47. The van der Waals surface area contributed by atoms with Crippen LogP contribution in [0.3, 0.4) is 0 Å². The number of rotatable bonds is 11. The minimum Gasteiger partial charge on any atom is -0.352 e. The van der Waals surface area contributed by atoms with Gasteiger partial charge in [0.2, 0.25) is 11.8 Å². The van der Waals surface area contributed by atoms with Crippen molar-refractivity contribution in [1.82, 2.24) is 10.2 Å². The van der Waals surface area contributed by atoms with Gasteiger partial charge in [-0.3, -0.25) is 9.59 Å². The molecule has 1 saturated carbocycles. The Bertz CT molecular complexity index is 869. The zero-order chi connectivity index (χ0) is 23.5. The van der Waals surface area contributed by atoms with Crippen molar-refractivity contribution in [2.45, 2.75) is 81.8 Å². The van der Waals surface area contributed by atoms with Gasteiger partial charge >= 0.3 is 0 Å². The van der Waals surface area contributed by atoms with Crippen molar-refractivity contribution in [1.29, 1.82) is 0 Å². The summed E-state index contributed by atoms with van der Waals surface area (Å²) in [6, 6.07) is 17.5. The first kappa shape index (κ1) is 25.6. The highest BCUT2D eigenvalue weighted by molar-refractivity contribution is 7.99. The van der Waals surface area contributed by atoms with Gasteiger partial charge in [-0.05, 0) is 61.3 Å². The molecule has 2 amide bonds. The van der Waals surface area contributed by atoms with Crippen molar-refractivity contribution in [2.75, 3.05) is 5.75 Å². The Morgan fingerprint density at radius 2 is 1.76 bits per heavy atom.